The molecule has 0 aliphatic heterocycles. The van der Waals surface area contributed by atoms with E-state index in [0.717, 1.165) is 11.4 Å². The molecule has 0 bridgehead atoms. The second-order valence-electron chi connectivity index (χ2n) is 4.36. The predicted molar refractivity (Wildman–Crippen MR) is 74.0 cm³/mol. The van der Waals surface area contributed by atoms with Crippen molar-refractivity contribution in [3.63, 3.8) is 0 Å². The van der Waals surface area contributed by atoms with E-state index in [4.69, 9.17) is 4.74 Å². The fourth-order valence-corrected chi connectivity index (χ4v) is 2.06. The second kappa shape index (κ2) is 5.69. The number of pyridine rings is 1. The first-order valence-corrected chi connectivity index (χ1v) is 6.14. The molecule has 19 heavy (non-hydrogen) atoms. The highest BCUT2D eigenvalue weighted by Crippen LogP contribution is 2.30. The van der Waals surface area contributed by atoms with Gasteiger partial charge in [-0.3, -0.25) is 4.98 Å². The number of aromatic nitrogens is 1. The zero-order chi connectivity index (χ0) is 13.8. The average Bonchev–Trinajstić information content (AvgIpc) is 2.40. The Bertz CT molecular complexity index is 572. The molecule has 0 radical (unpaired) electrons. The van der Waals surface area contributed by atoms with Crippen molar-refractivity contribution in [3.8, 4) is 5.75 Å². The van der Waals surface area contributed by atoms with Gasteiger partial charge >= 0.3 is 0 Å². The average molecular weight is 260 g/mol. The van der Waals surface area contributed by atoms with Gasteiger partial charge in [-0.05, 0) is 38.1 Å². The van der Waals surface area contributed by atoms with Crippen LogP contribution in [-0.2, 0) is 0 Å². The Labute approximate surface area is 112 Å². The van der Waals surface area contributed by atoms with Gasteiger partial charge in [-0.1, -0.05) is 6.07 Å². The molecule has 1 aromatic heterocycles. The number of rotatable bonds is 4. The van der Waals surface area contributed by atoms with Gasteiger partial charge in [0.1, 0.15) is 11.6 Å². The van der Waals surface area contributed by atoms with Crippen LogP contribution in [0, 0.1) is 12.7 Å². The van der Waals surface area contributed by atoms with E-state index in [2.05, 4.69) is 10.3 Å². The molecule has 1 aromatic carbocycles. The highest BCUT2D eigenvalue weighted by molar-refractivity contribution is 5.50. The van der Waals surface area contributed by atoms with E-state index >= 15 is 0 Å². The van der Waals surface area contributed by atoms with Crippen molar-refractivity contribution < 1.29 is 9.13 Å². The summed E-state index contributed by atoms with van der Waals surface area (Å²) < 4.78 is 19.2. The van der Waals surface area contributed by atoms with Gasteiger partial charge in [0.05, 0.1) is 30.1 Å². The molecule has 0 fully saturated rings. The molecule has 0 amide bonds. The number of nitrogens with one attached hydrogen (secondary N) is 1. The van der Waals surface area contributed by atoms with Crippen LogP contribution in [0.5, 0.6) is 5.75 Å². The molecule has 1 heterocycles. The highest BCUT2D eigenvalue weighted by Gasteiger charge is 2.16. The van der Waals surface area contributed by atoms with Crippen molar-refractivity contribution in [2.24, 2.45) is 0 Å². The standard InChI is InChI=1S/C15H17FN2O/c1-10-13(7-5-9-17-10)18-11(2)15-12(16)6-4-8-14(15)19-3/h4-9,11,18H,1-3H3. The number of aryl methyl sites for hydroxylation is 1. The van der Waals surface area contributed by atoms with Crippen molar-refractivity contribution in [1.82, 2.24) is 4.98 Å². The van der Waals surface area contributed by atoms with E-state index in [1.807, 2.05) is 26.0 Å². The van der Waals surface area contributed by atoms with E-state index in [-0.39, 0.29) is 11.9 Å². The number of anilines is 1. The molecule has 4 heteroatoms. The second-order valence-corrected chi connectivity index (χ2v) is 4.36. The summed E-state index contributed by atoms with van der Waals surface area (Å²) in [6, 6.07) is 8.39. The Morgan fingerprint density at radius 2 is 2.05 bits per heavy atom. The van der Waals surface area contributed by atoms with E-state index < -0.39 is 0 Å². The summed E-state index contributed by atoms with van der Waals surface area (Å²) in [5.74, 6) is 0.266. The summed E-state index contributed by atoms with van der Waals surface area (Å²) in [7, 11) is 1.54. The Hall–Kier alpha value is -2.10. The molecular weight excluding hydrogens is 243 g/mol. The quantitative estimate of drug-likeness (QED) is 0.910. The highest BCUT2D eigenvalue weighted by atomic mass is 19.1. The summed E-state index contributed by atoms with van der Waals surface area (Å²) in [6.07, 6.45) is 1.73. The van der Waals surface area contributed by atoms with Crippen LogP contribution in [0.25, 0.3) is 0 Å². The number of hydrogen-bond acceptors (Lipinski definition) is 3. The maximum atomic E-state index is 14.0. The fraction of sp³-hybridized carbons (Fsp3) is 0.267. The topological polar surface area (TPSA) is 34.1 Å². The van der Waals surface area contributed by atoms with Crippen molar-refractivity contribution in [3.05, 3.63) is 53.6 Å². The maximum absolute atomic E-state index is 14.0. The van der Waals surface area contributed by atoms with Crippen LogP contribution in [0.3, 0.4) is 0 Å². The molecule has 1 atom stereocenters. The van der Waals surface area contributed by atoms with Crippen molar-refractivity contribution in [2.75, 3.05) is 12.4 Å². The normalized spacial score (nSPS) is 12.0. The van der Waals surface area contributed by atoms with Crippen molar-refractivity contribution in [1.29, 1.82) is 0 Å². The van der Waals surface area contributed by atoms with Gasteiger partial charge in [0.25, 0.3) is 0 Å². The number of nitrogens with zero attached hydrogens (tertiary/aromatic N) is 1. The molecule has 1 unspecified atom stereocenters. The lowest BCUT2D eigenvalue weighted by molar-refractivity contribution is 0.402. The van der Waals surface area contributed by atoms with E-state index in [0.29, 0.717) is 11.3 Å². The van der Waals surface area contributed by atoms with Crippen LogP contribution in [0.1, 0.15) is 24.2 Å². The molecule has 3 nitrogen and oxygen atoms in total. The molecule has 2 rings (SSSR count). The number of hydrogen-bond donors (Lipinski definition) is 1. The lowest BCUT2D eigenvalue weighted by Crippen LogP contribution is -2.11. The minimum absolute atomic E-state index is 0.209. The Kier molecular flexibility index (Phi) is 4.00. The zero-order valence-corrected chi connectivity index (χ0v) is 11.3. The lowest BCUT2D eigenvalue weighted by atomic mass is 10.1. The molecular formula is C15H17FN2O. The minimum atomic E-state index is -0.277. The molecule has 0 aliphatic carbocycles. The fourth-order valence-electron chi connectivity index (χ4n) is 2.06. The van der Waals surface area contributed by atoms with Crippen LogP contribution in [0.15, 0.2) is 36.5 Å². The zero-order valence-electron chi connectivity index (χ0n) is 11.3. The third-order valence-electron chi connectivity index (χ3n) is 3.04. The Morgan fingerprint density at radius 1 is 1.26 bits per heavy atom. The summed E-state index contributed by atoms with van der Waals surface area (Å²) in [5.41, 5.74) is 2.29. The van der Waals surface area contributed by atoms with Gasteiger partial charge in [0, 0.05) is 6.20 Å². The third-order valence-corrected chi connectivity index (χ3v) is 3.04. The van der Waals surface area contributed by atoms with Crippen molar-refractivity contribution in [2.45, 2.75) is 19.9 Å². The first-order chi connectivity index (χ1) is 9.13. The molecule has 0 saturated carbocycles. The molecule has 0 spiro atoms. The minimum Gasteiger partial charge on any atom is -0.496 e. The lowest BCUT2D eigenvalue weighted by Gasteiger charge is -2.19. The van der Waals surface area contributed by atoms with Crippen LogP contribution in [0.2, 0.25) is 0 Å². The number of benzene rings is 1. The number of methoxy groups -OCH3 is 1. The van der Waals surface area contributed by atoms with Crippen LogP contribution in [0.4, 0.5) is 10.1 Å². The number of halogens is 1. The summed E-state index contributed by atoms with van der Waals surface area (Å²) in [5, 5.41) is 3.26. The van der Waals surface area contributed by atoms with E-state index in [1.165, 1.54) is 6.07 Å². The first-order valence-electron chi connectivity index (χ1n) is 6.14. The monoisotopic (exact) mass is 260 g/mol. The molecule has 100 valence electrons. The molecule has 0 aliphatic rings. The van der Waals surface area contributed by atoms with Gasteiger partial charge in [-0.2, -0.15) is 0 Å². The van der Waals surface area contributed by atoms with Gasteiger partial charge in [0.2, 0.25) is 0 Å². The van der Waals surface area contributed by atoms with Gasteiger partial charge in [0.15, 0.2) is 0 Å². The number of ether oxygens (including phenoxy) is 1. The van der Waals surface area contributed by atoms with Crippen LogP contribution in [-0.4, -0.2) is 12.1 Å². The Balaban J connectivity index is 2.30. The van der Waals surface area contributed by atoms with Crippen molar-refractivity contribution >= 4 is 5.69 Å². The predicted octanol–water partition coefficient (Wildman–Crippen LogP) is 3.71. The summed E-state index contributed by atoms with van der Waals surface area (Å²) in [4.78, 5) is 4.20. The van der Waals surface area contributed by atoms with Gasteiger partial charge < -0.3 is 10.1 Å². The summed E-state index contributed by atoms with van der Waals surface area (Å²) in [6.45, 7) is 3.81. The van der Waals surface area contributed by atoms with Crippen LogP contribution < -0.4 is 10.1 Å². The Morgan fingerprint density at radius 3 is 2.74 bits per heavy atom. The summed E-state index contributed by atoms with van der Waals surface area (Å²) >= 11 is 0. The molecule has 0 saturated heterocycles. The van der Waals surface area contributed by atoms with E-state index in [9.17, 15) is 4.39 Å². The maximum Gasteiger partial charge on any atom is 0.132 e. The van der Waals surface area contributed by atoms with Crippen LogP contribution >= 0.6 is 0 Å². The molecule has 2 aromatic rings. The molecule has 1 N–H and O–H groups in total. The smallest absolute Gasteiger partial charge is 0.132 e. The first kappa shape index (κ1) is 13.3. The third kappa shape index (κ3) is 2.84. The van der Waals surface area contributed by atoms with E-state index in [1.54, 1.807) is 25.4 Å². The van der Waals surface area contributed by atoms with Gasteiger partial charge in [-0.25, -0.2) is 4.39 Å². The SMILES string of the molecule is COc1cccc(F)c1C(C)Nc1cccnc1C. The van der Waals surface area contributed by atoms with Gasteiger partial charge in [-0.15, -0.1) is 0 Å². The largest absolute Gasteiger partial charge is 0.496 e.